The van der Waals surface area contributed by atoms with Crippen molar-refractivity contribution in [1.82, 2.24) is 5.16 Å². The molecular weight excluding hydrogens is 406 g/mol. The van der Waals surface area contributed by atoms with E-state index in [-0.39, 0.29) is 18.1 Å². The van der Waals surface area contributed by atoms with Crippen molar-refractivity contribution >= 4 is 22.6 Å². The van der Waals surface area contributed by atoms with Gasteiger partial charge in [-0.15, -0.1) is 0 Å². The van der Waals surface area contributed by atoms with Crippen molar-refractivity contribution in [3.8, 4) is 22.6 Å². The van der Waals surface area contributed by atoms with Gasteiger partial charge in [-0.05, 0) is 48.0 Å². The van der Waals surface area contributed by atoms with Crippen molar-refractivity contribution < 1.29 is 27.6 Å². The molecule has 1 N–H and O–H groups in total. The summed E-state index contributed by atoms with van der Waals surface area (Å²) < 4.78 is 40.7. The summed E-state index contributed by atoms with van der Waals surface area (Å²) >= 11 is 0. The van der Waals surface area contributed by atoms with Crippen molar-refractivity contribution in [3.63, 3.8) is 0 Å². The molecule has 0 saturated heterocycles. The van der Waals surface area contributed by atoms with Crippen LogP contribution in [-0.4, -0.2) is 24.8 Å². The number of para-hydroxylation sites is 1. The molecule has 0 fully saturated rings. The summed E-state index contributed by atoms with van der Waals surface area (Å²) in [5.41, 5.74) is 2.59. The molecule has 4 rings (SSSR count). The van der Waals surface area contributed by atoms with Crippen LogP contribution >= 0.6 is 0 Å². The fourth-order valence-corrected chi connectivity index (χ4v) is 3.23. The summed E-state index contributed by atoms with van der Waals surface area (Å²) in [5.74, 6) is 0.312. The first-order chi connectivity index (χ1) is 15.0. The first-order valence-electron chi connectivity index (χ1n) is 9.40. The van der Waals surface area contributed by atoms with E-state index in [2.05, 4.69) is 15.2 Å². The van der Waals surface area contributed by atoms with Gasteiger partial charge in [0.1, 0.15) is 17.2 Å². The standard InChI is InChI=1S/C23H18F2N2O4/c1-29-16-9-6-14(7-10-16)18-12-15(8-11-20(18)30-23(24)25)26-22(28)13-19-17-4-2-3-5-21(17)31-27-19/h2-12,23H,13H2,1H3,(H,26,28). The van der Waals surface area contributed by atoms with Crippen LogP contribution in [0.2, 0.25) is 0 Å². The van der Waals surface area contributed by atoms with E-state index in [1.807, 2.05) is 18.2 Å². The van der Waals surface area contributed by atoms with Gasteiger partial charge < -0.3 is 19.3 Å². The molecule has 0 atom stereocenters. The molecule has 6 nitrogen and oxygen atoms in total. The number of benzene rings is 3. The molecule has 3 aromatic carbocycles. The number of halogens is 2. The molecule has 31 heavy (non-hydrogen) atoms. The Bertz CT molecular complexity index is 1210. The molecule has 1 heterocycles. The maximum Gasteiger partial charge on any atom is 0.387 e. The molecule has 8 heteroatoms. The van der Waals surface area contributed by atoms with Crippen molar-refractivity contribution in [2.45, 2.75) is 13.0 Å². The second kappa shape index (κ2) is 8.83. The van der Waals surface area contributed by atoms with Gasteiger partial charge in [0.15, 0.2) is 5.58 Å². The third-order valence-corrected chi connectivity index (χ3v) is 4.66. The summed E-state index contributed by atoms with van der Waals surface area (Å²) in [6.45, 7) is -2.97. The number of amides is 1. The van der Waals surface area contributed by atoms with Crippen LogP contribution in [0.1, 0.15) is 5.69 Å². The molecule has 4 aromatic rings. The highest BCUT2D eigenvalue weighted by atomic mass is 19.3. The van der Waals surface area contributed by atoms with Gasteiger partial charge in [-0.25, -0.2) is 0 Å². The monoisotopic (exact) mass is 424 g/mol. The van der Waals surface area contributed by atoms with E-state index in [1.54, 1.807) is 36.4 Å². The molecule has 1 amide bonds. The Kier molecular flexibility index (Phi) is 5.79. The molecular formula is C23H18F2N2O4. The maximum atomic E-state index is 12.9. The lowest BCUT2D eigenvalue weighted by Gasteiger charge is -2.14. The van der Waals surface area contributed by atoms with Crippen molar-refractivity contribution in [2.75, 3.05) is 12.4 Å². The number of hydrogen-bond acceptors (Lipinski definition) is 5. The minimum atomic E-state index is -2.97. The number of nitrogens with zero attached hydrogens (tertiary/aromatic N) is 1. The number of ether oxygens (including phenoxy) is 2. The normalized spacial score (nSPS) is 11.0. The third-order valence-electron chi connectivity index (χ3n) is 4.66. The minimum absolute atomic E-state index is 0.000612. The average molecular weight is 424 g/mol. The lowest BCUT2D eigenvalue weighted by atomic mass is 10.0. The summed E-state index contributed by atoms with van der Waals surface area (Å²) in [4.78, 5) is 12.6. The molecule has 0 spiro atoms. The zero-order valence-corrected chi connectivity index (χ0v) is 16.5. The zero-order valence-electron chi connectivity index (χ0n) is 16.5. The van der Waals surface area contributed by atoms with Crippen molar-refractivity contribution in [2.24, 2.45) is 0 Å². The van der Waals surface area contributed by atoms with E-state index < -0.39 is 6.61 Å². The fraction of sp³-hybridized carbons (Fsp3) is 0.130. The number of carbonyl (C=O) groups excluding carboxylic acids is 1. The van der Waals surface area contributed by atoms with E-state index in [4.69, 9.17) is 9.26 Å². The summed E-state index contributed by atoms with van der Waals surface area (Å²) in [6, 6.07) is 18.6. The molecule has 0 bridgehead atoms. The second-order valence-corrected chi connectivity index (χ2v) is 6.67. The average Bonchev–Trinajstić information content (AvgIpc) is 3.17. The minimum Gasteiger partial charge on any atom is -0.497 e. The maximum absolute atomic E-state index is 12.9. The highest BCUT2D eigenvalue weighted by molar-refractivity contribution is 5.95. The van der Waals surface area contributed by atoms with Gasteiger partial charge >= 0.3 is 6.61 Å². The number of methoxy groups -OCH3 is 1. The predicted molar refractivity (Wildman–Crippen MR) is 111 cm³/mol. The first kappa shape index (κ1) is 20.3. The van der Waals surface area contributed by atoms with Gasteiger partial charge in [0.25, 0.3) is 0 Å². The highest BCUT2D eigenvalue weighted by Crippen LogP contribution is 2.34. The Morgan fingerprint density at radius 3 is 2.61 bits per heavy atom. The number of anilines is 1. The fourth-order valence-electron chi connectivity index (χ4n) is 3.23. The molecule has 0 aliphatic heterocycles. The molecule has 158 valence electrons. The third kappa shape index (κ3) is 4.63. The largest absolute Gasteiger partial charge is 0.497 e. The van der Waals surface area contributed by atoms with Crippen molar-refractivity contribution in [3.05, 3.63) is 72.4 Å². The molecule has 0 unspecified atom stereocenters. The van der Waals surface area contributed by atoms with Gasteiger partial charge in [-0.3, -0.25) is 4.79 Å². The zero-order chi connectivity index (χ0) is 21.8. The number of rotatable bonds is 7. The van der Waals surface area contributed by atoms with E-state index in [0.717, 1.165) is 5.39 Å². The van der Waals surface area contributed by atoms with Crippen LogP contribution in [0.4, 0.5) is 14.5 Å². The number of carbonyl (C=O) groups is 1. The quantitative estimate of drug-likeness (QED) is 0.437. The van der Waals surface area contributed by atoms with E-state index >= 15 is 0 Å². The van der Waals surface area contributed by atoms with Crippen molar-refractivity contribution in [1.29, 1.82) is 0 Å². The highest BCUT2D eigenvalue weighted by Gasteiger charge is 2.15. The van der Waals surface area contributed by atoms with Gasteiger partial charge in [0, 0.05) is 16.6 Å². The van der Waals surface area contributed by atoms with Crippen LogP contribution < -0.4 is 14.8 Å². The van der Waals surface area contributed by atoms with Gasteiger partial charge in [0.05, 0.1) is 13.5 Å². The smallest absolute Gasteiger partial charge is 0.387 e. The SMILES string of the molecule is COc1ccc(-c2cc(NC(=O)Cc3noc4ccccc34)ccc2OC(F)F)cc1. The Morgan fingerprint density at radius 1 is 1.10 bits per heavy atom. The molecule has 0 radical (unpaired) electrons. The topological polar surface area (TPSA) is 73.6 Å². The van der Waals surface area contributed by atoms with E-state index in [9.17, 15) is 13.6 Å². The van der Waals surface area contributed by atoms with Crippen LogP contribution in [0.3, 0.4) is 0 Å². The first-order valence-corrected chi connectivity index (χ1v) is 9.40. The van der Waals surface area contributed by atoms with Gasteiger partial charge in [0.2, 0.25) is 5.91 Å². The number of fused-ring (bicyclic) bond motifs is 1. The number of aromatic nitrogens is 1. The number of nitrogens with one attached hydrogen (secondary N) is 1. The van der Waals surface area contributed by atoms with Crippen LogP contribution in [0.15, 0.2) is 71.3 Å². The van der Waals surface area contributed by atoms with Crippen LogP contribution in [0.25, 0.3) is 22.1 Å². The Morgan fingerprint density at radius 2 is 1.87 bits per heavy atom. The van der Waals surface area contributed by atoms with Gasteiger partial charge in [-0.1, -0.05) is 29.4 Å². The summed E-state index contributed by atoms with van der Waals surface area (Å²) in [6.07, 6.45) is 0.00413. The number of hydrogen-bond donors (Lipinski definition) is 1. The Labute approximate surface area is 176 Å². The predicted octanol–water partition coefficient (Wildman–Crippen LogP) is 5.29. The summed E-state index contributed by atoms with van der Waals surface area (Å²) in [7, 11) is 1.54. The Hall–Kier alpha value is -3.94. The molecule has 0 saturated carbocycles. The molecule has 1 aromatic heterocycles. The van der Waals surface area contributed by atoms with Crippen LogP contribution in [-0.2, 0) is 11.2 Å². The lowest BCUT2D eigenvalue weighted by molar-refractivity contribution is -0.115. The number of alkyl halides is 2. The molecule has 0 aliphatic rings. The van der Waals surface area contributed by atoms with Gasteiger partial charge in [-0.2, -0.15) is 8.78 Å². The van der Waals surface area contributed by atoms with E-state index in [0.29, 0.717) is 33.8 Å². The van der Waals surface area contributed by atoms with Crippen LogP contribution in [0, 0.1) is 0 Å². The molecule has 0 aliphatic carbocycles. The summed E-state index contributed by atoms with van der Waals surface area (Å²) in [5, 5.41) is 7.49. The lowest BCUT2D eigenvalue weighted by Crippen LogP contribution is -2.15. The van der Waals surface area contributed by atoms with Crippen LogP contribution in [0.5, 0.6) is 11.5 Å². The Balaban J connectivity index is 1.58. The second-order valence-electron chi connectivity index (χ2n) is 6.67. The van der Waals surface area contributed by atoms with E-state index in [1.165, 1.54) is 19.2 Å².